The summed E-state index contributed by atoms with van der Waals surface area (Å²) < 4.78 is 18.5. The summed E-state index contributed by atoms with van der Waals surface area (Å²) in [6.07, 6.45) is 2.57. The summed E-state index contributed by atoms with van der Waals surface area (Å²) in [6.45, 7) is 0.701. The topological polar surface area (TPSA) is 116 Å². The zero-order chi connectivity index (χ0) is 30.6. The van der Waals surface area contributed by atoms with Gasteiger partial charge in [0.2, 0.25) is 0 Å². The van der Waals surface area contributed by atoms with Crippen molar-refractivity contribution in [3.05, 3.63) is 106 Å². The Hall–Kier alpha value is -4.93. The SMILES string of the molecule is COc1ccc(COc2cncc3c2C(=O)c2c(Cl)ccc4c2c-3nn4CCN(CCO)C(=O)OCc2ccccc2)cc1. The van der Waals surface area contributed by atoms with Crippen molar-refractivity contribution >= 4 is 34.4 Å². The zero-order valence-corrected chi connectivity index (χ0v) is 24.7. The van der Waals surface area contributed by atoms with E-state index in [1.165, 1.54) is 11.1 Å². The van der Waals surface area contributed by atoms with Crippen LogP contribution in [0.3, 0.4) is 0 Å². The van der Waals surface area contributed by atoms with Crippen LogP contribution in [0, 0.1) is 0 Å². The van der Waals surface area contributed by atoms with Crippen molar-refractivity contribution in [1.82, 2.24) is 19.7 Å². The lowest BCUT2D eigenvalue weighted by Crippen LogP contribution is -2.36. The highest BCUT2D eigenvalue weighted by Crippen LogP contribution is 2.44. The van der Waals surface area contributed by atoms with Crippen LogP contribution in [0.25, 0.3) is 22.2 Å². The van der Waals surface area contributed by atoms with E-state index in [1.54, 1.807) is 30.1 Å². The number of fused-ring (bicyclic) bond motifs is 2. The molecule has 0 bridgehead atoms. The molecular weight excluding hydrogens is 584 g/mol. The number of ketones is 1. The average Bonchev–Trinajstić information content (AvgIpc) is 3.43. The first-order chi connectivity index (χ1) is 21.5. The smallest absolute Gasteiger partial charge is 0.410 e. The van der Waals surface area contributed by atoms with Crippen LogP contribution in [0.1, 0.15) is 27.0 Å². The van der Waals surface area contributed by atoms with Gasteiger partial charge in [-0.25, -0.2) is 4.79 Å². The van der Waals surface area contributed by atoms with E-state index in [4.69, 9.17) is 30.9 Å². The van der Waals surface area contributed by atoms with Crippen LogP contribution in [0.4, 0.5) is 4.79 Å². The Bertz CT molecular complexity index is 1820. The number of nitrogens with zero attached hydrogens (tertiary/aromatic N) is 4. The van der Waals surface area contributed by atoms with Gasteiger partial charge in [-0.15, -0.1) is 0 Å². The highest BCUT2D eigenvalue weighted by atomic mass is 35.5. The highest BCUT2D eigenvalue weighted by Gasteiger charge is 2.34. The van der Waals surface area contributed by atoms with Crippen LogP contribution in [-0.4, -0.2) is 63.5 Å². The van der Waals surface area contributed by atoms with Crippen LogP contribution < -0.4 is 9.47 Å². The van der Waals surface area contributed by atoms with Crippen molar-refractivity contribution in [2.75, 3.05) is 26.8 Å². The number of methoxy groups -OCH3 is 1. The molecule has 10 nitrogen and oxygen atoms in total. The predicted octanol–water partition coefficient (Wildman–Crippen LogP) is 5.51. The number of aliphatic hydroxyl groups is 1. The maximum absolute atomic E-state index is 13.9. The Morgan fingerprint density at radius 3 is 2.48 bits per heavy atom. The molecule has 0 aliphatic heterocycles. The normalized spacial score (nSPS) is 11.8. The summed E-state index contributed by atoms with van der Waals surface area (Å²) in [7, 11) is 1.60. The molecule has 0 radical (unpaired) electrons. The van der Waals surface area contributed by atoms with Gasteiger partial charge in [-0.3, -0.25) is 14.5 Å². The van der Waals surface area contributed by atoms with Gasteiger partial charge in [0.15, 0.2) is 5.78 Å². The van der Waals surface area contributed by atoms with Crippen molar-refractivity contribution in [1.29, 1.82) is 0 Å². The van der Waals surface area contributed by atoms with Gasteiger partial charge in [-0.2, -0.15) is 5.10 Å². The van der Waals surface area contributed by atoms with E-state index in [1.807, 2.05) is 54.6 Å². The fraction of sp³-hybridized carbons (Fsp3) is 0.212. The number of amides is 1. The Kier molecular flexibility index (Phi) is 8.44. The first-order valence-electron chi connectivity index (χ1n) is 14.0. The highest BCUT2D eigenvalue weighted by molar-refractivity contribution is 6.39. The van der Waals surface area contributed by atoms with Crippen molar-refractivity contribution in [2.24, 2.45) is 0 Å². The summed E-state index contributed by atoms with van der Waals surface area (Å²) in [5.41, 5.74) is 4.21. The average molecular weight is 613 g/mol. The lowest BCUT2D eigenvalue weighted by atomic mass is 9.88. The number of aromatic nitrogens is 3. The van der Waals surface area contributed by atoms with E-state index in [9.17, 15) is 14.7 Å². The first-order valence-corrected chi connectivity index (χ1v) is 14.4. The van der Waals surface area contributed by atoms with Gasteiger partial charge in [-0.1, -0.05) is 54.1 Å². The molecule has 11 heteroatoms. The molecule has 44 heavy (non-hydrogen) atoms. The minimum atomic E-state index is -0.545. The lowest BCUT2D eigenvalue weighted by molar-refractivity contribution is 0.0869. The summed E-state index contributed by atoms with van der Waals surface area (Å²) in [4.78, 5) is 32.6. The van der Waals surface area contributed by atoms with E-state index < -0.39 is 6.09 Å². The standard InChI is InChI=1S/C33H29ClN4O6/c1-42-23-9-7-22(8-10-23)19-43-27-18-35-17-24-28(27)32(40)29-25(34)11-12-26-30(29)31(24)36-38(26)14-13-37(15-16-39)33(41)44-20-21-5-3-2-4-6-21/h2-12,17-18,39H,13-16,19-20H2,1H3. The van der Waals surface area contributed by atoms with Crippen LogP contribution in [0.5, 0.6) is 11.5 Å². The van der Waals surface area contributed by atoms with E-state index in [-0.39, 0.29) is 45.2 Å². The molecule has 0 spiro atoms. The molecule has 0 fully saturated rings. The minimum absolute atomic E-state index is 0.0941. The van der Waals surface area contributed by atoms with Crippen LogP contribution in [-0.2, 0) is 24.5 Å². The maximum Gasteiger partial charge on any atom is 0.410 e. The quantitative estimate of drug-likeness (QED) is 0.203. The number of halogens is 1. The predicted molar refractivity (Wildman–Crippen MR) is 164 cm³/mol. The number of hydrogen-bond acceptors (Lipinski definition) is 8. The molecule has 5 aromatic rings. The van der Waals surface area contributed by atoms with Crippen molar-refractivity contribution in [2.45, 2.75) is 19.8 Å². The molecule has 2 aromatic heterocycles. The van der Waals surface area contributed by atoms with Crippen LogP contribution >= 0.6 is 11.6 Å². The number of pyridine rings is 1. The summed E-state index contributed by atoms with van der Waals surface area (Å²) >= 11 is 6.61. The van der Waals surface area contributed by atoms with Gasteiger partial charge in [-0.05, 0) is 35.4 Å². The maximum atomic E-state index is 13.9. The molecule has 2 heterocycles. The molecule has 3 aromatic carbocycles. The van der Waals surface area contributed by atoms with Gasteiger partial charge in [0, 0.05) is 30.2 Å². The van der Waals surface area contributed by atoms with E-state index in [2.05, 4.69) is 4.98 Å². The molecule has 0 saturated carbocycles. The molecular formula is C33H29ClN4O6. The molecule has 6 rings (SSSR count). The third-order valence-corrected chi connectivity index (χ3v) is 7.77. The van der Waals surface area contributed by atoms with Crippen molar-refractivity contribution in [3.63, 3.8) is 0 Å². The molecule has 1 aliphatic carbocycles. The number of ether oxygens (including phenoxy) is 3. The Morgan fingerprint density at radius 1 is 0.955 bits per heavy atom. The van der Waals surface area contributed by atoms with Crippen molar-refractivity contribution < 1.29 is 28.9 Å². The van der Waals surface area contributed by atoms with Gasteiger partial charge < -0.3 is 24.2 Å². The Morgan fingerprint density at radius 2 is 1.73 bits per heavy atom. The fourth-order valence-electron chi connectivity index (χ4n) is 5.24. The third kappa shape index (κ3) is 5.69. The number of rotatable bonds is 11. The summed E-state index contributed by atoms with van der Waals surface area (Å²) in [5.74, 6) is 0.783. The molecule has 1 aliphatic rings. The molecule has 1 N–H and O–H groups in total. The fourth-order valence-corrected chi connectivity index (χ4v) is 5.48. The second kappa shape index (κ2) is 12.7. The van der Waals surface area contributed by atoms with E-state index >= 15 is 0 Å². The Balaban J connectivity index is 1.27. The molecule has 0 saturated heterocycles. The number of aliphatic hydroxyl groups excluding tert-OH is 1. The first kappa shape index (κ1) is 29.2. The zero-order valence-electron chi connectivity index (χ0n) is 23.9. The van der Waals surface area contributed by atoms with E-state index in [0.717, 1.165) is 16.9 Å². The summed E-state index contributed by atoms with van der Waals surface area (Å²) in [6, 6.07) is 20.3. The van der Waals surface area contributed by atoms with E-state index in [0.29, 0.717) is 44.1 Å². The van der Waals surface area contributed by atoms with Crippen molar-refractivity contribution in [3.8, 4) is 22.8 Å². The lowest BCUT2D eigenvalue weighted by Gasteiger charge is -2.21. The second-order valence-electron chi connectivity index (χ2n) is 10.2. The number of carbonyl (C=O) groups excluding carboxylic acids is 2. The summed E-state index contributed by atoms with van der Waals surface area (Å²) in [5, 5.41) is 15.4. The van der Waals surface area contributed by atoms with Gasteiger partial charge in [0.05, 0.1) is 48.1 Å². The largest absolute Gasteiger partial charge is 0.497 e. The molecule has 1 amide bonds. The van der Waals surface area contributed by atoms with Gasteiger partial charge in [0.25, 0.3) is 0 Å². The third-order valence-electron chi connectivity index (χ3n) is 7.46. The number of hydrogen-bond donors (Lipinski definition) is 1. The molecule has 0 unspecified atom stereocenters. The Labute approximate surface area is 258 Å². The number of benzene rings is 3. The second-order valence-corrected chi connectivity index (χ2v) is 10.6. The minimum Gasteiger partial charge on any atom is -0.497 e. The van der Waals surface area contributed by atoms with Crippen LogP contribution in [0.2, 0.25) is 5.02 Å². The number of carbonyl (C=O) groups is 2. The molecule has 0 atom stereocenters. The monoisotopic (exact) mass is 612 g/mol. The van der Waals surface area contributed by atoms with Crippen LogP contribution in [0.15, 0.2) is 79.1 Å². The van der Waals surface area contributed by atoms with Gasteiger partial charge in [0.1, 0.15) is 30.4 Å². The van der Waals surface area contributed by atoms with Gasteiger partial charge >= 0.3 is 6.09 Å². The molecule has 224 valence electrons.